The van der Waals surface area contributed by atoms with Gasteiger partial charge in [-0.2, -0.15) is 0 Å². The van der Waals surface area contributed by atoms with E-state index in [1.54, 1.807) is 14.0 Å². The number of hydrogen-bond donors (Lipinski definition) is 2. The average Bonchev–Trinajstić information content (AvgIpc) is 3.28. The van der Waals surface area contributed by atoms with Gasteiger partial charge < -0.3 is 19.5 Å². The molecule has 26 heavy (non-hydrogen) atoms. The van der Waals surface area contributed by atoms with Gasteiger partial charge in [0, 0.05) is 30.9 Å². The first kappa shape index (κ1) is 17.6. The molecule has 0 unspecified atom stereocenters. The number of aryl methyl sites for hydroxylation is 1. The van der Waals surface area contributed by atoms with Gasteiger partial charge in [-0.3, -0.25) is 9.59 Å². The smallest absolute Gasteiger partial charge is 0.270 e. The number of carbonyl (C=O) groups excluding carboxylic acids is 2. The summed E-state index contributed by atoms with van der Waals surface area (Å²) in [7, 11) is 1.58. The Morgan fingerprint density at radius 1 is 1.27 bits per heavy atom. The molecule has 0 aliphatic heterocycles. The minimum atomic E-state index is -0.302. The van der Waals surface area contributed by atoms with Gasteiger partial charge >= 0.3 is 0 Å². The van der Waals surface area contributed by atoms with Crippen LogP contribution in [0, 0.1) is 6.92 Å². The van der Waals surface area contributed by atoms with Crippen LogP contribution >= 0.6 is 0 Å². The fourth-order valence-electron chi connectivity index (χ4n) is 2.68. The van der Waals surface area contributed by atoms with Gasteiger partial charge in [0.25, 0.3) is 5.91 Å². The lowest BCUT2D eigenvalue weighted by Crippen LogP contribution is -2.29. The molecule has 134 valence electrons. The molecular formula is C19H19N3O4. The van der Waals surface area contributed by atoms with Gasteiger partial charge in [0.15, 0.2) is 5.78 Å². The normalized spacial score (nSPS) is 10.7. The number of carbonyl (C=O) groups is 2. The zero-order valence-electron chi connectivity index (χ0n) is 14.5. The van der Waals surface area contributed by atoms with E-state index in [0.717, 1.165) is 5.56 Å². The molecule has 2 aromatic heterocycles. The molecule has 3 rings (SSSR count). The van der Waals surface area contributed by atoms with Crippen LogP contribution < -0.4 is 0 Å². The third-order valence-electron chi connectivity index (χ3n) is 4.09. The maximum Gasteiger partial charge on any atom is 0.270 e. The van der Waals surface area contributed by atoms with E-state index in [0.29, 0.717) is 22.6 Å². The van der Waals surface area contributed by atoms with E-state index in [1.807, 2.05) is 30.3 Å². The van der Waals surface area contributed by atoms with Crippen LogP contribution in [-0.4, -0.2) is 52.0 Å². The maximum absolute atomic E-state index is 13.0. The molecule has 0 atom stereocenters. The third-order valence-corrected chi connectivity index (χ3v) is 4.09. The van der Waals surface area contributed by atoms with Gasteiger partial charge in [-0.1, -0.05) is 35.5 Å². The number of amides is 1. The molecule has 2 heterocycles. The molecule has 0 saturated carbocycles. The van der Waals surface area contributed by atoms with Crippen LogP contribution in [0.3, 0.4) is 0 Å². The summed E-state index contributed by atoms with van der Waals surface area (Å²) in [5.74, 6) is -0.161. The van der Waals surface area contributed by atoms with Crippen molar-refractivity contribution in [3.05, 3.63) is 65.2 Å². The number of aromatic nitrogens is 2. The predicted molar refractivity (Wildman–Crippen MR) is 94.9 cm³/mol. The van der Waals surface area contributed by atoms with Gasteiger partial charge in [-0.05, 0) is 13.0 Å². The average molecular weight is 353 g/mol. The van der Waals surface area contributed by atoms with Crippen molar-refractivity contribution in [1.82, 2.24) is 15.0 Å². The highest BCUT2D eigenvalue weighted by Gasteiger charge is 2.24. The predicted octanol–water partition coefficient (Wildman–Crippen LogP) is 2.27. The number of ketones is 1. The Bertz CT molecular complexity index is 927. The van der Waals surface area contributed by atoms with Crippen molar-refractivity contribution in [3.63, 3.8) is 0 Å². The molecule has 2 N–H and O–H groups in total. The van der Waals surface area contributed by atoms with E-state index in [4.69, 9.17) is 9.63 Å². The quantitative estimate of drug-likeness (QED) is 0.662. The molecule has 1 aromatic carbocycles. The number of nitrogens with zero attached hydrogens (tertiary/aromatic N) is 2. The van der Waals surface area contributed by atoms with E-state index < -0.39 is 0 Å². The second kappa shape index (κ2) is 7.37. The Morgan fingerprint density at radius 3 is 2.69 bits per heavy atom. The lowest BCUT2D eigenvalue weighted by molar-refractivity contribution is 0.0762. The van der Waals surface area contributed by atoms with Gasteiger partial charge in [0.1, 0.15) is 17.1 Å². The topological polar surface area (TPSA) is 99.4 Å². The molecule has 0 aliphatic rings. The third kappa shape index (κ3) is 3.29. The van der Waals surface area contributed by atoms with Crippen LogP contribution in [0.5, 0.6) is 0 Å². The van der Waals surface area contributed by atoms with Crippen LogP contribution in [0.1, 0.15) is 32.2 Å². The SMILES string of the molecule is Cc1onc(-c2ccccc2)c1C(=O)c1c[nH]c(C(=O)N(C)CCO)c1. The number of aliphatic hydroxyl groups is 1. The molecule has 7 heteroatoms. The first-order chi connectivity index (χ1) is 12.5. The second-order valence-corrected chi connectivity index (χ2v) is 5.91. The molecule has 0 aliphatic carbocycles. The highest BCUT2D eigenvalue weighted by molar-refractivity contribution is 6.13. The fraction of sp³-hybridized carbons (Fsp3) is 0.211. The highest BCUT2D eigenvalue weighted by Crippen LogP contribution is 2.27. The van der Waals surface area contributed by atoms with E-state index in [-0.39, 0.29) is 30.5 Å². The number of hydrogen-bond acceptors (Lipinski definition) is 5. The van der Waals surface area contributed by atoms with Crippen LogP contribution in [0.4, 0.5) is 0 Å². The van der Waals surface area contributed by atoms with Crippen molar-refractivity contribution in [2.24, 2.45) is 0 Å². The first-order valence-electron chi connectivity index (χ1n) is 8.14. The Labute approximate surface area is 150 Å². The lowest BCUT2D eigenvalue weighted by Gasteiger charge is -2.13. The van der Waals surface area contributed by atoms with Crippen LogP contribution in [0.25, 0.3) is 11.3 Å². The van der Waals surface area contributed by atoms with Crippen molar-refractivity contribution in [2.45, 2.75) is 6.92 Å². The summed E-state index contributed by atoms with van der Waals surface area (Å²) in [6.07, 6.45) is 1.49. The highest BCUT2D eigenvalue weighted by atomic mass is 16.5. The minimum absolute atomic E-state index is 0.130. The molecule has 3 aromatic rings. The second-order valence-electron chi connectivity index (χ2n) is 5.91. The summed E-state index contributed by atoms with van der Waals surface area (Å²) in [6.45, 7) is 1.76. The fourth-order valence-corrected chi connectivity index (χ4v) is 2.68. The molecular weight excluding hydrogens is 334 g/mol. The largest absolute Gasteiger partial charge is 0.395 e. The number of likely N-dealkylation sites (N-methyl/N-ethyl adjacent to an activating group) is 1. The molecule has 0 fully saturated rings. The number of H-pyrrole nitrogens is 1. The summed E-state index contributed by atoms with van der Waals surface area (Å²) in [5.41, 5.74) is 2.24. The molecule has 0 saturated heterocycles. The molecule has 0 spiro atoms. The first-order valence-corrected chi connectivity index (χ1v) is 8.14. The molecule has 1 amide bonds. The van der Waals surface area contributed by atoms with Crippen molar-refractivity contribution in [1.29, 1.82) is 0 Å². The van der Waals surface area contributed by atoms with E-state index >= 15 is 0 Å². The Morgan fingerprint density at radius 2 is 2.00 bits per heavy atom. The lowest BCUT2D eigenvalue weighted by atomic mass is 9.99. The Balaban J connectivity index is 1.92. The van der Waals surface area contributed by atoms with Gasteiger partial charge in [-0.15, -0.1) is 0 Å². The van der Waals surface area contributed by atoms with Gasteiger partial charge in [0.05, 0.1) is 12.2 Å². The van der Waals surface area contributed by atoms with Crippen molar-refractivity contribution in [2.75, 3.05) is 20.2 Å². The Hall–Kier alpha value is -3.19. The monoisotopic (exact) mass is 353 g/mol. The van der Waals surface area contributed by atoms with Crippen molar-refractivity contribution < 1.29 is 19.2 Å². The number of nitrogens with one attached hydrogen (secondary N) is 1. The summed E-state index contributed by atoms with van der Waals surface area (Å²) in [5, 5.41) is 13.0. The zero-order valence-corrected chi connectivity index (χ0v) is 14.5. The number of benzene rings is 1. The van der Waals surface area contributed by atoms with Crippen LogP contribution in [-0.2, 0) is 0 Å². The van der Waals surface area contributed by atoms with E-state index in [9.17, 15) is 9.59 Å². The van der Waals surface area contributed by atoms with Gasteiger partial charge in [0.2, 0.25) is 0 Å². The number of aromatic amines is 1. The van der Waals surface area contributed by atoms with E-state index in [1.165, 1.54) is 17.2 Å². The minimum Gasteiger partial charge on any atom is -0.395 e. The summed E-state index contributed by atoms with van der Waals surface area (Å²) in [4.78, 5) is 29.4. The summed E-state index contributed by atoms with van der Waals surface area (Å²) < 4.78 is 5.23. The van der Waals surface area contributed by atoms with Crippen molar-refractivity contribution in [3.8, 4) is 11.3 Å². The van der Waals surface area contributed by atoms with Crippen LogP contribution in [0.2, 0.25) is 0 Å². The number of aliphatic hydroxyl groups excluding tert-OH is 1. The van der Waals surface area contributed by atoms with Crippen molar-refractivity contribution >= 4 is 11.7 Å². The summed E-state index contributed by atoms with van der Waals surface area (Å²) >= 11 is 0. The van der Waals surface area contributed by atoms with E-state index in [2.05, 4.69) is 10.1 Å². The maximum atomic E-state index is 13.0. The van der Waals surface area contributed by atoms with Crippen LogP contribution in [0.15, 0.2) is 47.1 Å². The molecule has 0 radical (unpaired) electrons. The molecule has 0 bridgehead atoms. The summed E-state index contributed by atoms with van der Waals surface area (Å²) in [6, 6.07) is 10.8. The zero-order chi connectivity index (χ0) is 18.7. The standard InChI is InChI=1S/C19H19N3O4/c1-12-16(17(21-26-12)13-6-4-3-5-7-13)18(24)14-10-15(20-11-14)19(25)22(2)8-9-23/h3-7,10-11,20,23H,8-9H2,1-2H3. The molecule has 7 nitrogen and oxygen atoms in total. The number of rotatable bonds is 6. The Kier molecular flexibility index (Phi) is 4.99. The van der Waals surface area contributed by atoms with Gasteiger partial charge in [-0.25, -0.2) is 0 Å².